The Labute approximate surface area is 137 Å². The first-order valence-corrected chi connectivity index (χ1v) is 7.76. The number of rotatable bonds is 3. The number of carbonyl (C=O) groups excluding carboxylic acids is 1. The average molecular weight is 338 g/mol. The van der Waals surface area contributed by atoms with Crippen LogP contribution in [0.3, 0.4) is 0 Å². The third-order valence-electron chi connectivity index (χ3n) is 4.07. The third-order valence-corrected chi connectivity index (χ3v) is 4.27. The van der Waals surface area contributed by atoms with Crippen LogP contribution in [0.25, 0.3) is 11.4 Å². The quantitative estimate of drug-likeness (QED) is 0.682. The molecule has 2 unspecified atom stereocenters. The summed E-state index contributed by atoms with van der Waals surface area (Å²) in [6.45, 7) is 0. The van der Waals surface area contributed by atoms with E-state index in [1.807, 2.05) is 0 Å². The lowest BCUT2D eigenvalue weighted by Gasteiger charge is -2.24. The van der Waals surface area contributed by atoms with E-state index in [4.69, 9.17) is 20.9 Å². The van der Waals surface area contributed by atoms with Crippen molar-refractivity contribution < 1.29 is 14.1 Å². The van der Waals surface area contributed by atoms with Crippen LogP contribution in [0.2, 0.25) is 5.15 Å². The zero-order chi connectivity index (χ0) is 16.4. The first-order valence-electron chi connectivity index (χ1n) is 7.38. The second kappa shape index (κ2) is 6.54. The maximum Gasteiger partial charge on any atom is 0.308 e. The molecule has 0 saturated heterocycles. The van der Waals surface area contributed by atoms with Crippen LogP contribution in [0.4, 0.5) is 0 Å². The molecule has 0 amide bonds. The number of halogens is 1. The molecule has 1 aliphatic carbocycles. The van der Waals surface area contributed by atoms with Gasteiger partial charge in [-0.3, -0.25) is 9.59 Å². The first-order chi connectivity index (χ1) is 11.1. The van der Waals surface area contributed by atoms with Gasteiger partial charge in [0.2, 0.25) is 17.3 Å². The first kappa shape index (κ1) is 15.7. The lowest BCUT2D eigenvalue weighted by atomic mass is 9.81. The SMILES string of the molecule is COC(=O)C1CCCC(c2nc(-c3cc(Cl)[nH]c(=O)c3)no2)C1. The fourth-order valence-corrected chi connectivity index (χ4v) is 3.16. The van der Waals surface area contributed by atoms with Crippen molar-refractivity contribution in [3.05, 3.63) is 33.5 Å². The van der Waals surface area contributed by atoms with Crippen molar-refractivity contribution in [3.8, 4) is 11.4 Å². The molecular formula is C15H16ClN3O4. The fourth-order valence-electron chi connectivity index (χ4n) is 2.95. The molecule has 0 radical (unpaired) electrons. The molecule has 1 aliphatic rings. The number of nitrogens with zero attached hydrogens (tertiary/aromatic N) is 2. The summed E-state index contributed by atoms with van der Waals surface area (Å²) < 4.78 is 10.1. The van der Waals surface area contributed by atoms with E-state index in [-0.39, 0.29) is 28.5 Å². The lowest BCUT2D eigenvalue weighted by Crippen LogP contribution is -2.23. The van der Waals surface area contributed by atoms with Gasteiger partial charge in [0, 0.05) is 17.5 Å². The highest BCUT2D eigenvalue weighted by atomic mass is 35.5. The molecule has 0 bridgehead atoms. The van der Waals surface area contributed by atoms with Gasteiger partial charge in [-0.25, -0.2) is 0 Å². The van der Waals surface area contributed by atoms with E-state index in [2.05, 4.69) is 15.1 Å². The molecule has 2 heterocycles. The summed E-state index contributed by atoms with van der Waals surface area (Å²) in [7, 11) is 1.40. The lowest BCUT2D eigenvalue weighted by molar-refractivity contribution is -0.146. The summed E-state index contributed by atoms with van der Waals surface area (Å²) in [5, 5.41) is 4.13. The summed E-state index contributed by atoms with van der Waals surface area (Å²) >= 11 is 5.83. The molecule has 122 valence electrons. The molecule has 0 aliphatic heterocycles. The minimum absolute atomic E-state index is 0.0200. The van der Waals surface area contributed by atoms with E-state index in [1.165, 1.54) is 13.2 Å². The fraction of sp³-hybridized carbons (Fsp3) is 0.467. The number of H-pyrrole nitrogens is 1. The van der Waals surface area contributed by atoms with Crippen LogP contribution in [0.5, 0.6) is 0 Å². The predicted octanol–water partition coefficient (Wildman–Crippen LogP) is 2.53. The van der Waals surface area contributed by atoms with E-state index < -0.39 is 0 Å². The van der Waals surface area contributed by atoms with Crippen molar-refractivity contribution in [3.63, 3.8) is 0 Å². The highest BCUT2D eigenvalue weighted by molar-refractivity contribution is 6.29. The monoisotopic (exact) mass is 337 g/mol. The topological polar surface area (TPSA) is 98.1 Å². The zero-order valence-corrected chi connectivity index (χ0v) is 13.3. The van der Waals surface area contributed by atoms with Gasteiger partial charge in [0.25, 0.3) is 0 Å². The predicted molar refractivity (Wildman–Crippen MR) is 82.1 cm³/mol. The van der Waals surface area contributed by atoms with Crippen molar-refractivity contribution in [1.29, 1.82) is 0 Å². The van der Waals surface area contributed by atoms with Crippen molar-refractivity contribution in [2.24, 2.45) is 5.92 Å². The number of aromatic nitrogens is 3. The molecule has 23 heavy (non-hydrogen) atoms. The number of ether oxygens (including phenoxy) is 1. The van der Waals surface area contributed by atoms with Crippen LogP contribution < -0.4 is 5.56 Å². The van der Waals surface area contributed by atoms with Gasteiger partial charge in [0.1, 0.15) is 5.15 Å². The molecule has 3 rings (SSSR count). The Balaban J connectivity index is 1.81. The average Bonchev–Trinajstić information content (AvgIpc) is 3.03. The van der Waals surface area contributed by atoms with Gasteiger partial charge in [-0.15, -0.1) is 0 Å². The van der Waals surface area contributed by atoms with Gasteiger partial charge in [-0.1, -0.05) is 23.2 Å². The van der Waals surface area contributed by atoms with Crippen LogP contribution in [-0.2, 0) is 9.53 Å². The minimum atomic E-state index is -0.331. The van der Waals surface area contributed by atoms with Crippen LogP contribution in [0.15, 0.2) is 21.5 Å². The number of methoxy groups -OCH3 is 1. The highest BCUT2D eigenvalue weighted by Crippen LogP contribution is 2.36. The van der Waals surface area contributed by atoms with E-state index in [0.29, 0.717) is 23.7 Å². The summed E-state index contributed by atoms with van der Waals surface area (Å²) in [6.07, 6.45) is 3.22. The van der Waals surface area contributed by atoms with Gasteiger partial charge in [0.15, 0.2) is 0 Å². The largest absolute Gasteiger partial charge is 0.469 e. The number of hydrogen-bond donors (Lipinski definition) is 1. The van der Waals surface area contributed by atoms with Crippen LogP contribution in [0, 0.1) is 5.92 Å². The number of nitrogens with one attached hydrogen (secondary N) is 1. The number of carbonyl (C=O) groups is 1. The van der Waals surface area contributed by atoms with Crippen LogP contribution in [-0.4, -0.2) is 28.2 Å². The Bertz CT molecular complexity index is 770. The molecule has 0 spiro atoms. The Morgan fingerprint density at radius 1 is 1.43 bits per heavy atom. The van der Waals surface area contributed by atoms with Crippen molar-refractivity contribution in [2.75, 3.05) is 7.11 Å². The molecule has 7 nitrogen and oxygen atoms in total. The molecule has 2 aromatic heterocycles. The molecular weight excluding hydrogens is 322 g/mol. The van der Waals surface area contributed by atoms with Gasteiger partial charge in [-0.05, 0) is 25.3 Å². The second-order valence-electron chi connectivity index (χ2n) is 5.62. The van der Waals surface area contributed by atoms with Gasteiger partial charge >= 0.3 is 5.97 Å². The summed E-state index contributed by atoms with van der Waals surface area (Å²) in [6, 6.07) is 2.92. The Morgan fingerprint density at radius 2 is 2.26 bits per heavy atom. The minimum Gasteiger partial charge on any atom is -0.469 e. The van der Waals surface area contributed by atoms with Crippen molar-refractivity contribution in [1.82, 2.24) is 15.1 Å². The second-order valence-corrected chi connectivity index (χ2v) is 6.03. The molecule has 2 atom stereocenters. The maximum atomic E-state index is 11.7. The number of pyridine rings is 1. The number of esters is 1. The zero-order valence-electron chi connectivity index (χ0n) is 12.5. The van der Waals surface area contributed by atoms with E-state index >= 15 is 0 Å². The van der Waals surface area contributed by atoms with Gasteiger partial charge in [0.05, 0.1) is 13.0 Å². The number of hydrogen-bond acceptors (Lipinski definition) is 6. The molecule has 8 heteroatoms. The third kappa shape index (κ3) is 3.44. The van der Waals surface area contributed by atoms with Gasteiger partial charge in [-0.2, -0.15) is 4.98 Å². The molecule has 2 aromatic rings. The molecule has 1 N–H and O–H groups in total. The maximum absolute atomic E-state index is 11.7. The van der Waals surface area contributed by atoms with E-state index in [9.17, 15) is 9.59 Å². The summed E-state index contributed by atoms with van der Waals surface area (Å²) in [4.78, 5) is 30.0. The van der Waals surface area contributed by atoms with Crippen molar-refractivity contribution in [2.45, 2.75) is 31.6 Å². The Morgan fingerprint density at radius 3 is 3.00 bits per heavy atom. The van der Waals surface area contributed by atoms with E-state index in [1.54, 1.807) is 6.07 Å². The van der Waals surface area contributed by atoms with Crippen LogP contribution in [0.1, 0.15) is 37.5 Å². The number of aromatic amines is 1. The molecule has 0 aromatic carbocycles. The smallest absolute Gasteiger partial charge is 0.308 e. The standard InChI is InChI=1S/C15H16ClN3O4/c1-22-15(21)9-4-2-3-8(5-9)14-18-13(19-23-14)10-6-11(16)17-12(20)7-10/h6-9H,2-5H2,1H3,(H,17,20). The van der Waals surface area contributed by atoms with Crippen molar-refractivity contribution >= 4 is 17.6 Å². The Kier molecular flexibility index (Phi) is 4.47. The summed E-state index contributed by atoms with van der Waals surface area (Å²) in [5.74, 6) is 0.476. The van der Waals surface area contributed by atoms with Gasteiger partial charge < -0.3 is 14.2 Å². The highest BCUT2D eigenvalue weighted by Gasteiger charge is 2.31. The Hall–Kier alpha value is -2.15. The normalized spacial score (nSPS) is 21.1. The molecule has 1 saturated carbocycles. The summed E-state index contributed by atoms with van der Waals surface area (Å²) in [5.41, 5.74) is 0.163. The van der Waals surface area contributed by atoms with Crippen LogP contribution >= 0.6 is 11.6 Å². The van der Waals surface area contributed by atoms with E-state index in [0.717, 1.165) is 19.3 Å². The molecule has 1 fully saturated rings.